The molecule has 0 rings (SSSR count). The van der Waals surface area contributed by atoms with E-state index in [4.69, 9.17) is 14.6 Å². The third kappa shape index (κ3) is 13.5. The summed E-state index contributed by atoms with van der Waals surface area (Å²) in [4.78, 5) is 8.78. The van der Waals surface area contributed by atoms with Gasteiger partial charge in [-0.15, -0.1) is 0 Å². The first-order valence-electron chi connectivity index (χ1n) is 3.96. The van der Waals surface area contributed by atoms with Crippen LogP contribution in [0.15, 0.2) is 0 Å². The van der Waals surface area contributed by atoms with Gasteiger partial charge >= 0.3 is 6.18 Å². The van der Waals surface area contributed by atoms with Gasteiger partial charge < -0.3 is 20.4 Å². The van der Waals surface area contributed by atoms with Gasteiger partial charge in [-0.2, -0.15) is 25.8 Å². The van der Waals surface area contributed by atoms with Crippen LogP contribution < -0.4 is 10.8 Å². The summed E-state index contributed by atoms with van der Waals surface area (Å²) in [5.74, 6) is -2.16. The van der Waals surface area contributed by atoms with Gasteiger partial charge in [0, 0.05) is 19.3 Å². The number of hydrogen-bond acceptors (Lipinski definition) is 4. The highest BCUT2D eigenvalue weighted by molar-refractivity contribution is 7.80. The van der Waals surface area contributed by atoms with Crippen LogP contribution in [0.2, 0.25) is 0 Å². The Morgan fingerprint density at radius 3 is 2.20 bits per heavy atom. The van der Waals surface area contributed by atoms with Crippen molar-refractivity contribution in [1.29, 1.82) is 0 Å². The number of aliphatic carboxylic acids is 1. The molecule has 0 radical (unpaired) electrons. The second-order valence-electron chi connectivity index (χ2n) is 2.62. The molecule has 0 aromatic rings. The Labute approximate surface area is 91.0 Å². The molecule has 0 bridgehead atoms. The van der Waals surface area contributed by atoms with E-state index in [-0.39, 0.29) is 0 Å². The predicted molar refractivity (Wildman–Crippen MR) is 48.1 cm³/mol. The van der Waals surface area contributed by atoms with Crippen LogP contribution in [0.3, 0.4) is 0 Å². The van der Waals surface area contributed by atoms with E-state index in [0.29, 0.717) is 6.04 Å². The van der Waals surface area contributed by atoms with E-state index in [1.165, 1.54) is 0 Å². The van der Waals surface area contributed by atoms with Crippen molar-refractivity contribution in [2.24, 2.45) is 0 Å². The highest BCUT2D eigenvalue weighted by Crippen LogP contribution is 2.11. The molecular weight excluding hydrogens is 235 g/mol. The van der Waals surface area contributed by atoms with Crippen molar-refractivity contribution in [3.05, 3.63) is 0 Å². The topological polar surface area (TPSA) is 77.0 Å². The van der Waals surface area contributed by atoms with Gasteiger partial charge in [-0.1, -0.05) is 0 Å². The van der Waals surface area contributed by atoms with Crippen LogP contribution in [-0.4, -0.2) is 37.7 Å². The molecule has 15 heavy (non-hydrogen) atoms. The quantitative estimate of drug-likeness (QED) is 0.618. The summed E-state index contributed by atoms with van der Waals surface area (Å²) < 4.78 is 36.4. The smallest absolute Gasteiger partial charge is 0.430 e. The lowest BCUT2D eigenvalue weighted by Crippen LogP contribution is -2.62. The number of thiol groups is 1. The van der Waals surface area contributed by atoms with E-state index in [2.05, 4.69) is 18.4 Å². The normalized spacial score (nSPS) is 12.7. The fourth-order valence-corrected chi connectivity index (χ4v) is 0.558. The summed E-state index contributed by atoms with van der Waals surface area (Å²) in [6.07, 6.45) is -4.18. The van der Waals surface area contributed by atoms with Gasteiger partial charge in [-0.3, -0.25) is 0 Å². The number of rotatable bonds is 4. The van der Waals surface area contributed by atoms with Gasteiger partial charge in [0.05, 0.1) is 12.6 Å². The predicted octanol–water partition coefficient (Wildman–Crippen LogP) is -1.14. The molecular formula is C7H14F3NO3S. The zero-order chi connectivity index (χ0) is 12.5. The van der Waals surface area contributed by atoms with Gasteiger partial charge in [0.15, 0.2) is 0 Å². The fraction of sp³-hybridized carbons (Fsp3) is 0.857. The number of methoxy groups -OCH3 is 1. The molecule has 0 fully saturated rings. The number of carboxylic acids is 1. The van der Waals surface area contributed by atoms with E-state index in [9.17, 15) is 13.2 Å². The van der Waals surface area contributed by atoms with Gasteiger partial charge in [0.1, 0.15) is 5.97 Å². The Kier molecular flexibility index (Phi) is 9.95. The van der Waals surface area contributed by atoms with Crippen molar-refractivity contribution in [2.75, 3.05) is 19.5 Å². The van der Waals surface area contributed by atoms with Crippen molar-refractivity contribution in [3.8, 4) is 0 Å². The largest absolute Gasteiger partial charge is 0.542 e. The Hall–Kier alpha value is -0.470. The molecule has 1 atom stereocenters. The maximum absolute atomic E-state index is 10.5. The number of hydrogen-bond donors (Lipinski definition) is 2. The van der Waals surface area contributed by atoms with E-state index >= 15 is 0 Å². The SMILES string of the molecule is COCC[C@H]([NH3+])CS.O=C([O-])C(F)(F)F. The number of halogens is 3. The summed E-state index contributed by atoms with van der Waals surface area (Å²) >= 11 is 4.07. The highest BCUT2D eigenvalue weighted by Gasteiger charge is 2.28. The van der Waals surface area contributed by atoms with E-state index in [1.54, 1.807) is 7.11 Å². The maximum atomic E-state index is 10.5. The standard InChI is InChI=1S/C5H13NOS.C2HF3O2/c1-7-3-2-5(6)4-8;3-2(4,5)1(6)7/h5,8H,2-4,6H2,1H3;(H,6,7)/t5-;/m0./s1. The lowest BCUT2D eigenvalue weighted by molar-refractivity contribution is -0.414. The Morgan fingerprint density at radius 2 is 2.00 bits per heavy atom. The first-order chi connectivity index (χ1) is 6.75. The molecule has 0 aliphatic heterocycles. The summed E-state index contributed by atoms with van der Waals surface area (Å²) in [5.41, 5.74) is 3.84. The van der Waals surface area contributed by atoms with E-state index < -0.39 is 12.1 Å². The number of carbonyl (C=O) groups is 1. The molecule has 0 unspecified atom stereocenters. The molecule has 92 valence electrons. The molecule has 4 nitrogen and oxygen atoms in total. The zero-order valence-corrected chi connectivity index (χ0v) is 9.11. The highest BCUT2D eigenvalue weighted by atomic mass is 32.1. The van der Waals surface area contributed by atoms with Crippen LogP contribution in [0.5, 0.6) is 0 Å². The molecule has 0 saturated heterocycles. The van der Waals surface area contributed by atoms with Crippen molar-refractivity contribution in [2.45, 2.75) is 18.6 Å². The molecule has 0 amide bonds. The van der Waals surface area contributed by atoms with E-state index in [1.807, 2.05) is 0 Å². The molecule has 0 aliphatic rings. The van der Waals surface area contributed by atoms with Gasteiger partial charge in [0.25, 0.3) is 0 Å². The van der Waals surface area contributed by atoms with Crippen molar-refractivity contribution in [3.63, 3.8) is 0 Å². The van der Waals surface area contributed by atoms with Crippen molar-refractivity contribution >= 4 is 18.6 Å². The third-order valence-electron chi connectivity index (χ3n) is 1.22. The van der Waals surface area contributed by atoms with Gasteiger partial charge in [-0.25, -0.2) is 0 Å². The lowest BCUT2D eigenvalue weighted by atomic mass is 10.3. The molecule has 0 aromatic heterocycles. The van der Waals surface area contributed by atoms with Gasteiger partial charge in [0.2, 0.25) is 0 Å². The molecule has 0 saturated carbocycles. The van der Waals surface area contributed by atoms with Crippen molar-refractivity contribution < 1.29 is 33.5 Å². The zero-order valence-electron chi connectivity index (χ0n) is 8.21. The molecule has 3 N–H and O–H groups in total. The lowest BCUT2D eigenvalue weighted by Gasteiger charge is -2.03. The minimum atomic E-state index is -5.19. The Morgan fingerprint density at radius 1 is 1.60 bits per heavy atom. The summed E-state index contributed by atoms with van der Waals surface area (Å²) in [7, 11) is 1.70. The number of quaternary nitrogens is 1. The average molecular weight is 249 g/mol. The van der Waals surface area contributed by atoms with E-state index in [0.717, 1.165) is 18.8 Å². The molecule has 0 aromatic carbocycles. The average Bonchev–Trinajstić information content (AvgIpc) is 2.13. The van der Waals surface area contributed by atoms with Crippen LogP contribution in [0.4, 0.5) is 13.2 Å². The maximum Gasteiger partial charge on any atom is 0.430 e. The van der Waals surface area contributed by atoms with Crippen molar-refractivity contribution in [1.82, 2.24) is 0 Å². The number of carboxylic acid groups (broad SMARTS) is 1. The molecule has 8 heteroatoms. The van der Waals surface area contributed by atoms with Crippen LogP contribution in [-0.2, 0) is 9.53 Å². The molecule has 0 heterocycles. The second kappa shape index (κ2) is 8.81. The summed E-state index contributed by atoms with van der Waals surface area (Å²) in [5, 5.41) is 8.78. The van der Waals surface area contributed by atoms with Crippen LogP contribution in [0.25, 0.3) is 0 Å². The minimum absolute atomic E-state index is 0.443. The minimum Gasteiger partial charge on any atom is -0.542 e. The molecule has 0 spiro atoms. The first kappa shape index (κ1) is 16.9. The molecule has 0 aliphatic carbocycles. The fourth-order valence-electron chi connectivity index (χ4n) is 0.376. The number of carbonyl (C=O) groups excluding carboxylic acids is 1. The summed E-state index contributed by atoms with van der Waals surface area (Å²) in [6.45, 7) is 0.800. The first-order valence-corrected chi connectivity index (χ1v) is 4.60. The number of ether oxygens (including phenoxy) is 1. The third-order valence-corrected chi connectivity index (χ3v) is 1.74. The van der Waals surface area contributed by atoms with Gasteiger partial charge in [-0.05, 0) is 0 Å². The van der Waals surface area contributed by atoms with Crippen LogP contribution >= 0.6 is 12.6 Å². The Balaban J connectivity index is 0. The van der Waals surface area contributed by atoms with Crippen LogP contribution in [0.1, 0.15) is 6.42 Å². The Bertz CT molecular complexity index is 177. The monoisotopic (exact) mass is 249 g/mol. The number of alkyl halides is 3. The summed E-state index contributed by atoms with van der Waals surface area (Å²) in [6, 6.07) is 0.443. The van der Waals surface area contributed by atoms with Crippen LogP contribution in [0, 0.1) is 0 Å². The second-order valence-corrected chi connectivity index (χ2v) is 2.98.